The van der Waals surface area contributed by atoms with Crippen LogP contribution in [0.2, 0.25) is 0 Å². The van der Waals surface area contributed by atoms with Gasteiger partial charge in [-0.2, -0.15) is 0 Å². The smallest absolute Gasteiger partial charge is 0.187 e. The largest absolute Gasteiger partial charge is 0.412 e. The van der Waals surface area contributed by atoms with Crippen LogP contribution in [0.15, 0.2) is 0 Å². The fourth-order valence-corrected chi connectivity index (χ4v) is 10.4. The van der Waals surface area contributed by atoms with E-state index in [0.29, 0.717) is 0 Å². The van der Waals surface area contributed by atoms with Crippen molar-refractivity contribution in [3.8, 4) is 0 Å². The van der Waals surface area contributed by atoms with Gasteiger partial charge in [-0.25, -0.2) is 0 Å². The number of ether oxygens (including phenoxy) is 14. The molecule has 89 heavy (non-hydrogen) atoms. The molecule has 0 aliphatic carbocycles. The third-order valence-corrected chi connectivity index (χ3v) is 14.8. The lowest BCUT2D eigenvalue weighted by Gasteiger charge is -2.50. The van der Waals surface area contributed by atoms with Crippen LogP contribution in [0.5, 0.6) is 0 Å². The molecule has 21 aliphatic heterocycles. The SMILES string of the molecule is O.O.O.O.O.O.O.O.O.O.O.O.OC[C@H]1O[C@@H]2O[C@H]3[C@H](O)[C@@H](O)[C@@H](O[C@H]4[C@H](O)[C@@H](O)[C@@H](O[C@H]5[C@H](O)[C@@H](O)[C@@H](O[C@H]6[C@H](O)[C@@H](O)[C@@H](O[C@H]7[C@H](O)[C@@H](O)[C@@H](O[C@H]8[C@H](O)[C@@H](O)[C@@H](O[C@H]1[C@H](O)[C@H]2O)O[C@@H]8CO)O[C@@H]7CO)O[C@@H]6CO)O[C@@H]5CO)O[C@@H]4CO)O[C@@H]3CO. The summed E-state index contributed by atoms with van der Waals surface area (Å²) in [7, 11) is 0. The second-order valence-corrected chi connectivity index (χ2v) is 19.7. The van der Waals surface area contributed by atoms with Crippen molar-refractivity contribution in [3.63, 3.8) is 0 Å². The summed E-state index contributed by atoms with van der Waals surface area (Å²) in [6, 6.07) is 0. The van der Waals surface area contributed by atoms with Crippen molar-refractivity contribution in [1.29, 1.82) is 0 Å². The first-order valence-electron chi connectivity index (χ1n) is 24.6. The molecule has 0 aromatic heterocycles. The van der Waals surface area contributed by atoms with Gasteiger partial charge >= 0.3 is 0 Å². The Bertz CT molecular complexity index is 1480. The molecule has 0 spiro atoms. The molecule has 21 saturated heterocycles. The average molecular weight is 1350 g/mol. The van der Waals surface area contributed by atoms with Gasteiger partial charge in [-0.3, -0.25) is 0 Å². The first-order valence-corrected chi connectivity index (χ1v) is 24.6. The zero-order valence-corrected chi connectivity index (χ0v) is 46.3. The normalized spacial score (nSPS) is 47.9. The minimum atomic E-state index is -2.21. The Kier molecular flexibility index (Phi) is 43.6. The lowest BCUT2D eigenvalue weighted by molar-refractivity contribution is -0.396. The van der Waals surface area contributed by atoms with Gasteiger partial charge in [-0.05, 0) is 0 Å². The summed E-state index contributed by atoms with van der Waals surface area (Å²) in [6.07, 6.45) is -70.2. The Morgan fingerprint density at radius 1 is 0.146 bits per heavy atom. The predicted molar refractivity (Wildman–Crippen MR) is 272 cm³/mol. The quantitative estimate of drug-likeness (QED) is 0.113. The molecular formula is C42H94O47. The Morgan fingerprint density at radius 2 is 0.236 bits per heavy atom. The minimum absolute atomic E-state index is 0. The maximum absolute atomic E-state index is 11.3. The molecule has 544 valence electrons. The highest BCUT2D eigenvalue weighted by atomic mass is 16.8. The number of hydrogen-bond acceptors (Lipinski definition) is 35. The topological polar surface area (TPSA) is 932 Å². The molecule has 0 aromatic carbocycles. The van der Waals surface area contributed by atoms with E-state index in [9.17, 15) is 107 Å². The summed E-state index contributed by atoms with van der Waals surface area (Å²) in [4.78, 5) is 0. The van der Waals surface area contributed by atoms with E-state index in [1.165, 1.54) is 0 Å². The van der Waals surface area contributed by atoms with Crippen LogP contribution in [0, 0.1) is 0 Å². The van der Waals surface area contributed by atoms with Crippen molar-refractivity contribution < 1.29 is 239 Å². The van der Waals surface area contributed by atoms with E-state index in [-0.39, 0.29) is 65.7 Å². The van der Waals surface area contributed by atoms with Crippen molar-refractivity contribution in [1.82, 2.24) is 0 Å². The van der Waals surface area contributed by atoms with E-state index < -0.39 is 261 Å². The van der Waals surface area contributed by atoms with E-state index in [1.807, 2.05) is 0 Å². The summed E-state index contributed by atoms with van der Waals surface area (Å²) in [6.45, 7) is -7.33. The summed E-state index contributed by atoms with van der Waals surface area (Å²) < 4.78 is 79.5. The predicted octanol–water partition coefficient (Wildman–Crippen LogP) is -25.1. The molecule has 0 amide bonds. The fraction of sp³-hybridized carbons (Fsp3) is 1.00. The molecule has 47 heteroatoms. The van der Waals surface area contributed by atoms with Gasteiger partial charge < -0.3 is 239 Å². The molecule has 35 atom stereocenters. The average Bonchev–Trinajstić information content (AvgIpc) is 3.64. The maximum Gasteiger partial charge on any atom is 0.187 e. The molecule has 0 unspecified atom stereocenters. The highest BCUT2D eigenvalue weighted by Gasteiger charge is 2.59. The van der Waals surface area contributed by atoms with Gasteiger partial charge in [0, 0.05) is 0 Å². The Morgan fingerprint density at radius 3 is 0.315 bits per heavy atom. The van der Waals surface area contributed by atoms with Crippen LogP contribution in [0.1, 0.15) is 0 Å². The lowest BCUT2D eigenvalue weighted by atomic mass is 9.95. The number of aliphatic hydroxyl groups excluding tert-OH is 21. The Hall–Kier alpha value is -1.88. The van der Waals surface area contributed by atoms with Crippen molar-refractivity contribution >= 4 is 0 Å². The van der Waals surface area contributed by atoms with E-state index in [4.69, 9.17) is 66.3 Å². The summed E-state index contributed by atoms with van der Waals surface area (Å²) >= 11 is 0. The van der Waals surface area contributed by atoms with Gasteiger partial charge in [0.15, 0.2) is 44.0 Å². The number of hydrogen-bond donors (Lipinski definition) is 21. The molecule has 21 rings (SSSR count). The van der Waals surface area contributed by atoms with Crippen molar-refractivity contribution in [3.05, 3.63) is 0 Å². The first-order chi connectivity index (χ1) is 36.7. The fourth-order valence-electron chi connectivity index (χ4n) is 10.4. The van der Waals surface area contributed by atoms with Crippen LogP contribution in [-0.2, 0) is 66.3 Å². The molecule has 14 bridgehead atoms. The van der Waals surface area contributed by atoms with Crippen molar-refractivity contribution in [2.24, 2.45) is 0 Å². The van der Waals surface area contributed by atoms with Gasteiger partial charge in [0.2, 0.25) is 0 Å². The third-order valence-electron chi connectivity index (χ3n) is 14.8. The van der Waals surface area contributed by atoms with Gasteiger partial charge in [-0.1, -0.05) is 0 Å². The highest BCUT2D eigenvalue weighted by molar-refractivity contribution is 5.01. The molecule has 0 saturated carbocycles. The molecule has 0 aromatic rings. The van der Waals surface area contributed by atoms with Crippen LogP contribution in [0.25, 0.3) is 0 Å². The van der Waals surface area contributed by atoms with Crippen LogP contribution in [0.3, 0.4) is 0 Å². The second kappa shape index (κ2) is 40.5. The van der Waals surface area contributed by atoms with E-state index in [2.05, 4.69) is 0 Å². The monoisotopic (exact) mass is 1350 g/mol. The lowest BCUT2D eigenvalue weighted by Crippen LogP contribution is -2.68. The summed E-state index contributed by atoms with van der Waals surface area (Å²) in [5, 5.41) is 230. The molecule has 21 aliphatic rings. The Balaban J connectivity index is -0.00000196. The molecule has 47 nitrogen and oxygen atoms in total. The van der Waals surface area contributed by atoms with Crippen molar-refractivity contribution in [2.45, 2.75) is 215 Å². The van der Waals surface area contributed by atoms with Gasteiger partial charge in [0.05, 0.1) is 46.2 Å². The number of rotatable bonds is 7. The molecule has 0 radical (unpaired) electrons. The van der Waals surface area contributed by atoms with Crippen LogP contribution in [0.4, 0.5) is 0 Å². The van der Waals surface area contributed by atoms with Crippen LogP contribution < -0.4 is 0 Å². The van der Waals surface area contributed by atoms with E-state index >= 15 is 0 Å². The van der Waals surface area contributed by atoms with Gasteiger partial charge in [0.1, 0.15) is 171 Å². The minimum Gasteiger partial charge on any atom is -0.412 e. The maximum atomic E-state index is 11.3. The number of aliphatic hydroxyl groups is 21. The van der Waals surface area contributed by atoms with E-state index in [1.54, 1.807) is 0 Å². The summed E-state index contributed by atoms with van der Waals surface area (Å²) in [5.41, 5.74) is 0. The standard InChI is InChI=1S/C42H70O35.12H2O/c43-1-8-29-15(50)22(57)36(64-8)72-30-9(2-44)66-38(24(59)17(30)52)74-32-11(4-46)68-40(26(61)19(32)54)76-34-13(6-48)70-42(28(63)21(34)56)77-35-14(7-49)69-41(27(62)20(35)55)75-33-12(5-47)67-39(25(60)18(33)53)73-31-10(3-45)65-37(71-29)23(58)16(31)51;;;;;;;;;;;;/h8-63H,1-7H2;12*1H2/t8-,9-,10-,11-,12-,13-,14-,15-,16-,17-,18-,19-,20-,21-,22-,23-,24-,25-,26-,27-,28-,29-,30-,31-,32-,33-,34-,35-,36-,37-,38-,39-,40-,41-,42-;;;;;;;;;;;;/m1............/s1. The third kappa shape index (κ3) is 18.8. The molecule has 45 N–H and O–H groups in total. The zero-order chi connectivity index (χ0) is 56.1. The molecular weight excluding hydrogens is 1260 g/mol. The van der Waals surface area contributed by atoms with Crippen LogP contribution in [-0.4, -0.2) is 434 Å². The second-order valence-electron chi connectivity index (χ2n) is 19.7. The summed E-state index contributed by atoms with van der Waals surface area (Å²) in [5.74, 6) is 0. The van der Waals surface area contributed by atoms with Gasteiger partial charge in [0.25, 0.3) is 0 Å². The van der Waals surface area contributed by atoms with Crippen molar-refractivity contribution in [2.75, 3.05) is 46.2 Å². The first kappa shape index (κ1) is 95.8. The molecule has 21 heterocycles. The van der Waals surface area contributed by atoms with Gasteiger partial charge in [-0.15, -0.1) is 0 Å². The zero-order valence-electron chi connectivity index (χ0n) is 46.3. The van der Waals surface area contributed by atoms with Crippen LogP contribution >= 0.6 is 0 Å². The highest BCUT2D eigenvalue weighted by Crippen LogP contribution is 2.39. The Labute approximate surface area is 500 Å². The molecule has 21 fully saturated rings. The van der Waals surface area contributed by atoms with E-state index in [0.717, 1.165) is 0 Å².